The van der Waals surface area contributed by atoms with Crippen LogP contribution in [0.15, 0.2) is 18.2 Å². The second kappa shape index (κ2) is 6.34. The van der Waals surface area contributed by atoms with Gasteiger partial charge in [-0.2, -0.15) is 13.2 Å². The number of hydrogen-bond donors (Lipinski definition) is 1. The number of alkyl halides is 3. The maximum absolute atomic E-state index is 12.6. The Kier molecular flexibility index (Phi) is 5.22. The van der Waals surface area contributed by atoms with Crippen LogP contribution in [-0.2, 0) is 10.9 Å². The predicted molar refractivity (Wildman–Crippen MR) is 69.6 cm³/mol. The van der Waals surface area contributed by atoms with Crippen molar-refractivity contribution in [2.75, 3.05) is 13.7 Å². The molecule has 0 saturated heterocycles. The Morgan fingerprint density at radius 1 is 1.29 bits per heavy atom. The Labute approximate surface area is 120 Å². The summed E-state index contributed by atoms with van der Waals surface area (Å²) in [5, 5.41) is 8.99. The molecule has 1 aromatic carbocycles. The molecule has 1 rings (SSSR count). The molecule has 21 heavy (non-hydrogen) atoms. The smallest absolute Gasteiger partial charge is 0.416 e. The normalized spacial score (nSPS) is 12.3. The summed E-state index contributed by atoms with van der Waals surface area (Å²) < 4.78 is 48.1. The SMILES string of the molecule is COC(C)(C)CCOc1ccc(C(F)(F)F)cc1C(=O)O. The molecule has 4 nitrogen and oxygen atoms in total. The Hall–Kier alpha value is -1.76. The molecule has 0 unspecified atom stereocenters. The summed E-state index contributed by atoms with van der Waals surface area (Å²) >= 11 is 0. The number of aromatic carboxylic acids is 1. The van der Waals surface area contributed by atoms with Crippen molar-refractivity contribution >= 4 is 5.97 Å². The average Bonchev–Trinajstić information content (AvgIpc) is 2.37. The molecule has 0 fully saturated rings. The quantitative estimate of drug-likeness (QED) is 0.872. The summed E-state index contributed by atoms with van der Waals surface area (Å²) in [6.07, 6.45) is -4.13. The van der Waals surface area contributed by atoms with Gasteiger partial charge in [-0.05, 0) is 32.0 Å². The van der Waals surface area contributed by atoms with Gasteiger partial charge in [0.15, 0.2) is 0 Å². The van der Waals surface area contributed by atoms with Gasteiger partial charge < -0.3 is 14.6 Å². The van der Waals surface area contributed by atoms with Crippen LogP contribution in [0.25, 0.3) is 0 Å². The van der Waals surface area contributed by atoms with E-state index in [0.29, 0.717) is 12.5 Å². The van der Waals surface area contributed by atoms with E-state index in [0.717, 1.165) is 12.1 Å². The first-order chi connectivity index (χ1) is 9.57. The minimum Gasteiger partial charge on any atom is -0.493 e. The first-order valence-corrected chi connectivity index (χ1v) is 6.19. The number of methoxy groups -OCH3 is 1. The van der Waals surface area contributed by atoms with Gasteiger partial charge in [0.05, 0.1) is 17.8 Å². The summed E-state index contributed by atoms with van der Waals surface area (Å²) in [5.74, 6) is -1.57. The lowest BCUT2D eigenvalue weighted by Crippen LogP contribution is -2.25. The van der Waals surface area contributed by atoms with E-state index in [1.807, 2.05) is 13.8 Å². The highest BCUT2D eigenvalue weighted by Gasteiger charge is 2.32. The number of rotatable bonds is 6. The maximum Gasteiger partial charge on any atom is 0.416 e. The molecule has 118 valence electrons. The lowest BCUT2D eigenvalue weighted by molar-refractivity contribution is -0.137. The van der Waals surface area contributed by atoms with E-state index in [1.54, 1.807) is 0 Å². The lowest BCUT2D eigenvalue weighted by Gasteiger charge is -2.23. The fourth-order valence-electron chi connectivity index (χ4n) is 1.51. The molecule has 0 aliphatic heterocycles. The van der Waals surface area contributed by atoms with Crippen LogP contribution in [0.3, 0.4) is 0 Å². The number of carboxylic acid groups (broad SMARTS) is 1. The first-order valence-electron chi connectivity index (χ1n) is 6.19. The molecule has 0 aliphatic rings. The van der Waals surface area contributed by atoms with Crippen LogP contribution in [0.2, 0.25) is 0 Å². The van der Waals surface area contributed by atoms with Gasteiger partial charge in [0.1, 0.15) is 11.3 Å². The number of ether oxygens (including phenoxy) is 2. The summed E-state index contributed by atoms with van der Waals surface area (Å²) in [6.45, 7) is 3.77. The third-order valence-corrected chi connectivity index (χ3v) is 3.05. The molecule has 0 radical (unpaired) electrons. The van der Waals surface area contributed by atoms with E-state index >= 15 is 0 Å². The molecule has 0 spiro atoms. The molecule has 7 heteroatoms. The van der Waals surface area contributed by atoms with Crippen LogP contribution >= 0.6 is 0 Å². The summed E-state index contributed by atoms with van der Waals surface area (Å²) in [6, 6.07) is 2.38. The average molecular weight is 306 g/mol. The van der Waals surface area contributed by atoms with Crippen LogP contribution in [-0.4, -0.2) is 30.4 Å². The first kappa shape index (κ1) is 17.3. The third kappa shape index (κ3) is 4.93. The minimum absolute atomic E-state index is 0.0950. The lowest BCUT2D eigenvalue weighted by atomic mass is 10.1. The second-order valence-electron chi connectivity index (χ2n) is 5.08. The summed E-state index contributed by atoms with van der Waals surface area (Å²) in [7, 11) is 1.53. The fraction of sp³-hybridized carbons (Fsp3) is 0.500. The van der Waals surface area contributed by atoms with Crippen LogP contribution in [0.5, 0.6) is 5.75 Å². The van der Waals surface area contributed by atoms with E-state index in [4.69, 9.17) is 14.6 Å². The molecule has 0 atom stereocenters. The Morgan fingerprint density at radius 2 is 1.90 bits per heavy atom. The molecular formula is C14H17F3O4. The van der Waals surface area contributed by atoms with Crippen LogP contribution < -0.4 is 4.74 Å². The van der Waals surface area contributed by atoms with Gasteiger partial charge in [0.2, 0.25) is 0 Å². The fourth-order valence-corrected chi connectivity index (χ4v) is 1.51. The van der Waals surface area contributed by atoms with E-state index in [-0.39, 0.29) is 12.4 Å². The van der Waals surface area contributed by atoms with Gasteiger partial charge in [-0.1, -0.05) is 0 Å². The third-order valence-electron chi connectivity index (χ3n) is 3.05. The van der Waals surface area contributed by atoms with Crippen molar-refractivity contribution < 1.29 is 32.5 Å². The van der Waals surface area contributed by atoms with Gasteiger partial charge in [-0.15, -0.1) is 0 Å². The highest BCUT2D eigenvalue weighted by atomic mass is 19.4. The maximum atomic E-state index is 12.6. The molecule has 1 aromatic rings. The van der Waals surface area contributed by atoms with E-state index in [2.05, 4.69) is 0 Å². The molecule has 0 aliphatic carbocycles. The van der Waals surface area contributed by atoms with Crippen molar-refractivity contribution in [1.82, 2.24) is 0 Å². The van der Waals surface area contributed by atoms with Crippen molar-refractivity contribution in [1.29, 1.82) is 0 Å². The Bertz CT molecular complexity index is 509. The van der Waals surface area contributed by atoms with Crippen LogP contribution in [0.1, 0.15) is 36.2 Å². The zero-order chi connectivity index (χ0) is 16.3. The zero-order valence-corrected chi connectivity index (χ0v) is 12.0. The molecule has 0 heterocycles. The van der Waals surface area contributed by atoms with Gasteiger partial charge >= 0.3 is 12.1 Å². The molecule has 0 saturated carbocycles. The van der Waals surface area contributed by atoms with Crippen LogP contribution in [0, 0.1) is 0 Å². The van der Waals surface area contributed by atoms with Crippen molar-refractivity contribution in [2.24, 2.45) is 0 Å². The largest absolute Gasteiger partial charge is 0.493 e. The number of benzene rings is 1. The summed E-state index contributed by atoms with van der Waals surface area (Å²) in [4.78, 5) is 11.0. The molecule has 1 N–H and O–H groups in total. The van der Waals surface area contributed by atoms with Gasteiger partial charge in [-0.3, -0.25) is 0 Å². The standard InChI is InChI=1S/C14H17F3O4/c1-13(2,20-3)6-7-21-11-5-4-9(14(15,16)17)8-10(11)12(18)19/h4-5,8H,6-7H2,1-3H3,(H,18,19). The monoisotopic (exact) mass is 306 g/mol. The highest BCUT2D eigenvalue weighted by molar-refractivity contribution is 5.91. The number of carboxylic acids is 1. The van der Waals surface area contributed by atoms with Crippen molar-refractivity contribution in [3.63, 3.8) is 0 Å². The summed E-state index contributed by atoms with van der Waals surface area (Å²) in [5.41, 5.74) is -2.00. The van der Waals surface area contributed by atoms with Crippen LogP contribution in [0.4, 0.5) is 13.2 Å². The van der Waals surface area contributed by atoms with Gasteiger partial charge in [0, 0.05) is 13.5 Å². The molecule has 0 amide bonds. The van der Waals surface area contributed by atoms with E-state index in [9.17, 15) is 18.0 Å². The van der Waals surface area contributed by atoms with Crippen molar-refractivity contribution in [3.8, 4) is 5.75 Å². The Balaban J connectivity index is 2.90. The van der Waals surface area contributed by atoms with Gasteiger partial charge in [0.25, 0.3) is 0 Å². The highest BCUT2D eigenvalue weighted by Crippen LogP contribution is 2.32. The molecule has 0 aromatic heterocycles. The van der Waals surface area contributed by atoms with Crippen molar-refractivity contribution in [2.45, 2.75) is 32.0 Å². The topological polar surface area (TPSA) is 55.8 Å². The predicted octanol–water partition coefficient (Wildman–Crippen LogP) is 3.60. The minimum atomic E-state index is -4.60. The number of hydrogen-bond acceptors (Lipinski definition) is 3. The molecular weight excluding hydrogens is 289 g/mol. The van der Waals surface area contributed by atoms with E-state index in [1.165, 1.54) is 7.11 Å². The van der Waals surface area contributed by atoms with Gasteiger partial charge in [-0.25, -0.2) is 4.79 Å². The van der Waals surface area contributed by atoms with E-state index < -0.39 is 28.9 Å². The second-order valence-corrected chi connectivity index (χ2v) is 5.08. The Morgan fingerprint density at radius 3 is 2.38 bits per heavy atom. The molecule has 0 bridgehead atoms. The number of halogens is 3. The zero-order valence-electron chi connectivity index (χ0n) is 12.0. The van der Waals surface area contributed by atoms with Crippen molar-refractivity contribution in [3.05, 3.63) is 29.3 Å². The number of carbonyl (C=O) groups is 1.